The summed E-state index contributed by atoms with van der Waals surface area (Å²) in [7, 11) is 0. The van der Waals surface area contributed by atoms with Crippen LogP contribution in [0.2, 0.25) is 0 Å². The van der Waals surface area contributed by atoms with E-state index in [0.29, 0.717) is 0 Å². The lowest BCUT2D eigenvalue weighted by molar-refractivity contribution is -0.143. The van der Waals surface area contributed by atoms with Crippen LogP contribution in [0.4, 0.5) is 0 Å². The summed E-state index contributed by atoms with van der Waals surface area (Å²) in [6.45, 7) is 1.26. The normalized spacial score (nSPS) is 13.6. The lowest BCUT2D eigenvalue weighted by Crippen LogP contribution is -2.28. The molecule has 0 bridgehead atoms. The zero-order valence-electron chi connectivity index (χ0n) is 9.07. The smallest absolute Gasteiger partial charge is 0.303 e. The predicted octanol–water partition coefficient (Wildman–Crippen LogP) is 4.00. The first-order valence-electron chi connectivity index (χ1n) is 4.87. The number of hydrogen-bond donors (Lipinski definition) is 0. The zero-order chi connectivity index (χ0) is 12.9. The fourth-order valence-corrected chi connectivity index (χ4v) is 1.51. The minimum Gasteiger partial charge on any atom is -0.454 e. The Balaban J connectivity index is 2.80. The van der Waals surface area contributed by atoms with Gasteiger partial charge in [0, 0.05) is 6.92 Å². The molecule has 0 unspecified atom stereocenters. The first-order chi connectivity index (χ1) is 7.89. The molecule has 0 aliphatic heterocycles. The minimum atomic E-state index is -1.68. The SMILES string of the molecule is CC(=O)O[C@H](/C=C/c1ccccc1)C(Cl)(Cl)Cl. The van der Waals surface area contributed by atoms with Gasteiger partial charge in [-0.15, -0.1) is 0 Å². The highest BCUT2D eigenvalue weighted by atomic mass is 35.6. The molecule has 0 fully saturated rings. The van der Waals surface area contributed by atoms with Gasteiger partial charge in [0.25, 0.3) is 0 Å². The van der Waals surface area contributed by atoms with Crippen molar-refractivity contribution in [2.45, 2.75) is 16.8 Å². The number of hydrogen-bond acceptors (Lipinski definition) is 2. The molecule has 17 heavy (non-hydrogen) atoms. The van der Waals surface area contributed by atoms with Crippen LogP contribution in [-0.4, -0.2) is 15.9 Å². The Morgan fingerprint density at radius 2 is 1.88 bits per heavy atom. The molecule has 92 valence electrons. The molecular formula is C12H11Cl3O2. The van der Waals surface area contributed by atoms with E-state index in [2.05, 4.69) is 0 Å². The molecule has 5 heteroatoms. The second-order valence-corrected chi connectivity index (χ2v) is 5.71. The molecule has 0 heterocycles. The van der Waals surface area contributed by atoms with Gasteiger partial charge >= 0.3 is 5.97 Å². The second kappa shape index (κ2) is 6.29. The monoisotopic (exact) mass is 292 g/mol. The van der Waals surface area contributed by atoms with Crippen LogP contribution in [0.5, 0.6) is 0 Å². The third kappa shape index (κ3) is 5.44. The Morgan fingerprint density at radius 3 is 2.35 bits per heavy atom. The molecule has 2 nitrogen and oxygen atoms in total. The number of ether oxygens (including phenoxy) is 1. The van der Waals surface area contributed by atoms with Crippen LogP contribution < -0.4 is 0 Å². The van der Waals surface area contributed by atoms with Gasteiger partial charge in [0.2, 0.25) is 3.79 Å². The predicted molar refractivity (Wildman–Crippen MR) is 71.3 cm³/mol. The quantitative estimate of drug-likeness (QED) is 0.622. The molecule has 0 N–H and O–H groups in total. The van der Waals surface area contributed by atoms with Crippen molar-refractivity contribution in [2.24, 2.45) is 0 Å². The molecule has 0 aliphatic carbocycles. The van der Waals surface area contributed by atoms with Crippen molar-refractivity contribution in [3.8, 4) is 0 Å². The maximum atomic E-state index is 10.9. The highest BCUT2D eigenvalue weighted by Crippen LogP contribution is 2.33. The van der Waals surface area contributed by atoms with Crippen molar-refractivity contribution < 1.29 is 9.53 Å². The van der Waals surface area contributed by atoms with Gasteiger partial charge in [-0.2, -0.15) is 0 Å². The summed E-state index contributed by atoms with van der Waals surface area (Å²) in [5, 5.41) is 0. The first-order valence-corrected chi connectivity index (χ1v) is 6.00. The van der Waals surface area contributed by atoms with Crippen LogP contribution in [0.25, 0.3) is 6.08 Å². The van der Waals surface area contributed by atoms with E-state index in [4.69, 9.17) is 39.5 Å². The molecule has 1 aromatic carbocycles. The molecule has 1 rings (SSSR count). The lowest BCUT2D eigenvalue weighted by Gasteiger charge is -2.20. The van der Waals surface area contributed by atoms with Crippen molar-refractivity contribution in [2.75, 3.05) is 0 Å². The van der Waals surface area contributed by atoms with E-state index >= 15 is 0 Å². The van der Waals surface area contributed by atoms with E-state index in [0.717, 1.165) is 5.56 Å². The number of rotatable bonds is 3. The van der Waals surface area contributed by atoms with Crippen LogP contribution in [0.15, 0.2) is 36.4 Å². The summed E-state index contributed by atoms with van der Waals surface area (Å²) in [6, 6.07) is 9.45. The molecule has 0 saturated carbocycles. The van der Waals surface area contributed by atoms with Crippen molar-refractivity contribution in [1.82, 2.24) is 0 Å². The number of halogens is 3. The topological polar surface area (TPSA) is 26.3 Å². The Bertz CT molecular complexity index is 396. The van der Waals surface area contributed by atoms with Crippen LogP contribution >= 0.6 is 34.8 Å². The summed E-state index contributed by atoms with van der Waals surface area (Å²) in [5.41, 5.74) is 0.930. The Hall–Kier alpha value is -0.700. The van der Waals surface area contributed by atoms with E-state index in [1.807, 2.05) is 30.3 Å². The van der Waals surface area contributed by atoms with Gasteiger partial charge in [0.05, 0.1) is 0 Å². The molecule has 0 saturated heterocycles. The largest absolute Gasteiger partial charge is 0.454 e. The van der Waals surface area contributed by atoms with E-state index in [9.17, 15) is 4.79 Å². The fourth-order valence-electron chi connectivity index (χ4n) is 1.16. The number of benzene rings is 1. The molecule has 1 atom stereocenters. The third-order valence-electron chi connectivity index (χ3n) is 1.88. The lowest BCUT2D eigenvalue weighted by atomic mass is 10.2. The van der Waals surface area contributed by atoms with E-state index < -0.39 is 15.9 Å². The van der Waals surface area contributed by atoms with Crippen LogP contribution in [0, 0.1) is 0 Å². The summed E-state index contributed by atoms with van der Waals surface area (Å²) >= 11 is 17.1. The standard InChI is InChI=1S/C12H11Cl3O2/c1-9(16)17-11(12(13,14)15)8-7-10-5-3-2-4-6-10/h2-8,11H,1H3/b8-7+/t11-/m1/s1. The van der Waals surface area contributed by atoms with Crippen molar-refractivity contribution >= 4 is 46.8 Å². The van der Waals surface area contributed by atoms with Gasteiger partial charge in [-0.3, -0.25) is 4.79 Å². The molecule has 0 aliphatic rings. The Labute approximate surface area is 115 Å². The number of carbonyl (C=O) groups excluding carboxylic acids is 1. The average molecular weight is 294 g/mol. The van der Waals surface area contributed by atoms with Crippen LogP contribution in [0.1, 0.15) is 12.5 Å². The van der Waals surface area contributed by atoms with Gasteiger partial charge in [-0.25, -0.2) is 0 Å². The van der Waals surface area contributed by atoms with E-state index in [-0.39, 0.29) is 0 Å². The fraction of sp³-hybridized carbons (Fsp3) is 0.250. The van der Waals surface area contributed by atoms with E-state index in [1.165, 1.54) is 6.92 Å². The maximum Gasteiger partial charge on any atom is 0.303 e. The van der Waals surface area contributed by atoms with Gasteiger partial charge in [-0.05, 0) is 11.6 Å². The molecule has 0 aromatic heterocycles. The van der Waals surface area contributed by atoms with Crippen molar-refractivity contribution in [3.05, 3.63) is 42.0 Å². The Morgan fingerprint density at radius 1 is 1.29 bits per heavy atom. The summed E-state index contributed by atoms with van der Waals surface area (Å²) in [4.78, 5) is 10.9. The molecular weight excluding hydrogens is 282 g/mol. The zero-order valence-corrected chi connectivity index (χ0v) is 11.3. The van der Waals surface area contributed by atoms with Gasteiger partial charge in [0.1, 0.15) is 0 Å². The minimum absolute atomic E-state index is 0.501. The first kappa shape index (κ1) is 14.4. The van der Waals surface area contributed by atoms with Gasteiger partial charge < -0.3 is 4.74 Å². The second-order valence-electron chi connectivity index (χ2n) is 3.34. The van der Waals surface area contributed by atoms with Gasteiger partial charge in [0.15, 0.2) is 6.10 Å². The maximum absolute atomic E-state index is 10.9. The highest BCUT2D eigenvalue weighted by Gasteiger charge is 2.33. The number of alkyl halides is 3. The number of esters is 1. The summed E-state index contributed by atoms with van der Waals surface area (Å²) in [5.74, 6) is -0.501. The summed E-state index contributed by atoms with van der Waals surface area (Å²) in [6.07, 6.45) is 2.37. The van der Waals surface area contributed by atoms with Crippen LogP contribution in [-0.2, 0) is 9.53 Å². The van der Waals surface area contributed by atoms with Crippen LogP contribution in [0.3, 0.4) is 0 Å². The summed E-state index contributed by atoms with van der Waals surface area (Å²) < 4.78 is 3.23. The Kier molecular flexibility index (Phi) is 5.31. The molecule has 0 amide bonds. The van der Waals surface area contributed by atoms with Crippen molar-refractivity contribution in [3.63, 3.8) is 0 Å². The average Bonchev–Trinajstić information content (AvgIpc) is 2.23. The molecule has 0 spiro atoms. The highest BCUT2D eigenvalue weighted by molar-refractivity contribution is 6.68. The molecule has 1 aromatic rings. The third-order valence-corrected chi connectivity index (χ3v) is 2.52. The number of carbonyl (C=O) groups is 1. The van der Waals surface area contributed by atoms with Gasteiger partial charge in [-0.1, -0.05) is 71.2 Å². The van der Waals surface area contributed by atoms with Crippen molar-refractivity contribution in [1.29, 1.82) is 0 Å². The van der Waals surface area contributed by atoms with E-state index in [1.54, 1.807) is 12.2 Å². The molecule has 0 radical (unpaired) electrons.